The zero-order chi connectivity index (χ0) is 40.0. The minimum Gasteiger partial charge on any atom is -0.456 e. The van der Waals surface area contributed by atoms with Crippen molar-refractivity contribution >= 4 is 122 Å². The minimum atomic E-state index is 0.656. The van der Waals surface area contributed by atoms with Gasteiger partial charge in [0, 0.05) is 69.1 Å². The first-order chi connectivity index (χ1) is 30.2. The largest absolute Gasteiger partial charge is 0.456 e. The molecule has 0 aliphatic carbocycles. The van der Waals surface area contributed by atoms with E-state index in [0.29, 0.717) is 17.0 Å². The third-order valence-corrected chi connectivity index (χ3v) is 11.9. The predicted molar refractivity (Wildman–Crippen MR) is 248 cm³/mol. The van der Waals surface area contributed by atoms with E-state index >= 15 is 0 Å². The van der Waals surface area contributed by atoms with Crippen LogP contribution in [0.15, 0.2) is 208 Å². The molecule has 0 saturated heterocycles. The van der Waals surface area contributed by atoms with Gasteiger partial charge in [-0.1, -0.05) is 97.1 Å². The van der Waals surface area contributed by atoms with Crippen LogP contribution in [0.25, 0.3) is 87.5 Å². The number of nitrogens with zero attached hydrogens (tertiary/aromatic N) is 4. The lowest BCUT2D eigenvalue weighted by Gasteiger charge is -2.25. The van der Waals surface area contributed by atoms with Crippen molar-refractivity contribution in [1.29, 1.82) is 0 Å². The molecule has 0 bridgehead atoms. The Kier molecular flexibility index (Phi) is 7.17. The van der Waals surface area contributed by atoms with Crippen LogP contribution in [-0.4, -0.2) is 9.97 Å². The maximum Gasteiger partial charge on any atom is 0.156 e. The van der Waals surface area contributed by atoms with Gasteiger partial charge >= 0.3 is 0 Å². The van der Waals surface area contributed by atoms with Crippen molar-refractivity contribution < 1.29 is 13.3 Å². The van der Waals surface area contributed by atoms with Crippen LogP contribution in [0, 0.1) is 0 Å². The first-order valence-corrected chi connectivity index (χ1v) is 20.3. The van der Waals surface area contributed by atoms with Crippen LogP contribution in [0.5, 0.6) is 0 Å². The van der Waals surface area contributed by atoms with Crippen LogP contribution in [0.2, 0.25) is 0 Å². The topological polar surface area (TPSA) is 71.7 Å². The molecule has 0 N–H and O–H groups in total. The zero-order valence-corrected chi connectivity index (χ0v) is 32.5. The Morgan fingerprint density at radius 1 is 0.295 bits per heavy atom. The molecule has 0 aliphatic heterocycles. The van der Waals surface area contributed by atoms with Crippen LogP contribution in [0.4, 0.5) is 34.3 Å². The summed E-state index contributed by atoms with van der Waals surface area (Å²) in [5, 5.41) is 9.75. The van der Waals surface area contributed by atoms with Gasteiger partial charge in [0.2, 0.25) is 0 Å². The number of furan rings is 3. The predicted octanol–water partition coefficient (Wildman–Crippen LogP) is 15.4. The fourth-order valence-electron chi connectivity index (χ4n) is 8.97. The fraction of sp³-hybridized carbons (Fsp3) is 0. The first-order valence-electron chi connectivity index (χ1n) is 20.3. The average molecular weight is 785 g/mol. The Hall–Kier alpha value is -8.42. The molecular formula is C54H32N4O3. The molecule has 0 radical (unpaired) electrons. The van der Waals surface area contributed by atoms with Gasteiger partial charge in [0.15, 0.2) is 5.58 Å². The highest BCUT2D eigenvalue weighted by atomic mass is 16.3. The van der Waals surface area contributed by atoms with Gasteiger partial charge in [0.25, 0.3) is 0 Å². The molecule has 5 aromatic heterocycles. The van der Waals surface area contributed by atoms with Gasteiger partial charge in [-0.2, -0.15) is 0 Å². The van der Waals surface area contributed by atoms with Crippen molar-refractivity contribution in [2.75, 3.05) is 9.80 Å². The van der Waals surface area contributed by atoms with Crippen molar-refractivity contribution in [3.63, 3.8) is 0 Å². The number of hydrogen-bond acceptors (Lipinski definition) is 7. The van der Waals surface area contributed by atoms with E-state index in [-0.39, 0.29) is 0 Å². The molecule has 8 aromatic carbocycles. The molecule has 5 heterocycles. The van der Waals surface area contributed by atoms with Crippen LogP contribution in [0.3, 0.4) is 0 Å². The van der Waals surface area contributed by atoms with Crippen LogP contribution >= 0.6 is 0 Å². The molecule has 286 valence electrons. The standard InChI is InChI=1S/C54H32N4O3/c1-3-11-35-25-37(19-17-33(35)9-1)57(39-21-23-44-42-13-5-7-15-47(42)59-49(44)27-39)41-29-52-54(56-31-41)46-32-55-53(30-51(46)61-52)58(38-20-18-34-10-2-4-12-36(34)26-38)40-22-24-45-43-14-6-8-16-48(43)60-50(45)28-40/h1-32H. The van der Waals surface area contributed by atoms with Gasteiger partial charge in [-0.05, 0) is 82.2 Å². The Labute approximate surface area is 347 Å². The summed E-state index contributed by atoms with van der Waals surface area (Å²) in [5.74, 6) is 0.703. The average Bonchev–Trinajstić information content (AvgIpc) is 3.99. The summed E-state index contributed by atoms with van der Waals surface area (Å²) >= 11 is 0. The molecule has 0 spiro atoms. The number of benzene rings is 8. The number of fused-ring (bicyclic) bond motifs is 11. The molecule has 13 rings (SSSR count). The summed E-state index contributed by atoms with van der Waals surface area (Å²) in [7, 11) is 0. The third-order valence-electron chi connectivity index (χ3n) is 11.9. The number of pyridine rings is 2. The summed E-state index contributed by atoms with van der Waals surface area (Å²) in [4.78, 5) is 14.5. The van der Waals surface area contributed by atoms with E-state index in [1.165, 1.54) is 5.39 Å². The number of aromatic nitrogens is 2. The monoisotopic (exact) mass is 784 g/mol. The molecule has 61 heavy (non-hydrogen) atoms. The lowest BCUT2D eigenvalue weighted by molar-refractivity contribution is 0.668. The number of para-hydroxylation sites is 2. The van der Waals surface area contributed by atoms with Crippen molar-refractivity contribution in [1.82, 2.24) is 9.97 Å². The summed E-state index contributed by atoms with van der Waals surface area (Å²) in [6.07, 6.45) is 3.78. The number of anilines is 6. The van der Waals surface area contributed by atoms with Crippen LogP contribution in [-0.2, 0) is 0 Å². The van der Waals surface area contributed by atoms with Crippen molar-refractivity contribution in [3.8, 4) is 0 Å². The molecule has 0 fully saturated rings. The Balaban J connectivity index is 0.961. The zero-order valence-electron chi connectivity index (χ0n) is 32.5. The summed E-state index contributed by atoms with van der Waals surface area (Å²) in [5.41, 5.74) is 10.1. The highest BCUT2D eigenvalue weighted by Gasteiger charge is 2.22. The maximum absolute atomic E-state index is 6.75. The Morgan fingerprint density at radius 3 is 1.39 bits per heavy atom. The molecule has 0 amide bonds. The maximum atomic E-state index is 6.75. The minimum absolute atomic E-state index is 0.656. The van der Waals surface area contributed by atoms with Gasteiger partial charge in [-0.3, -0.25) is 4.90 Å². The SMILES string of the molecule is c1ccc2cc(N(c3ccc4c(c3)oc3ccccc34)c3cnc4c(c3)oc3cc(N(c5ccc6ccccc6c5)c5ccc6c(c5)oc5ccccc56)ncc34)ccc2c1. The lowest BCUT2D eigenvalue weighted by Crippen LogP contribution is -2.11. The fourth-order valence-corrected chi connectivity index (χ4v) is 8.97. The molecule has 0 atom stereocenters. The summed E-state index contributed by atoms with van der Waals surface area (Å²) < 4.78 is 19.5. The van der Waals surface area contributed by atoms with Crippen molar-refractivity contribution in [2.45, 2.75) is 0 Å². The van der Waals surface area contributed by atoms with Crippen LogP contribution < -0.4 is 9.80 Å². The van der Waals surface area contributed by atoms with Gasteiger partial charge < -0.3 is 18.2 Å². The van der Waals surface area contributed by atoms with E-state index in [4.69, 9.17) is 23.2 Å². The summed E-state index contributed by atoms with van der Waals surface area (Å²) in [6.45, 7) is 0. The van der Waals surface area contributed by atoms with E-state index in [0.717, 1.165) is 99.4 Å². The molecule has 0 unspecified atom stereocenters. The van der Waals surface area contributed by atoms with Gasteiger partial charge in [-0.15, -0.1) is 0 Å². The summed E-state index contributed by atoms with van der Waals surface area (Å²) in [6, 6.07) is 62.9. The second-order valence-corrected chi connectivity index (χ2v) is 15.5. The molecule has 0 aliphatic rings. The van der Waals surface area contributed by atoms with E-state index in [2.05, 4.69) is 149 Å². The number of hydrogen-bond donors (Lipinski definition) is 0. The van der Waals surface area contributed by atoms with Crippen molar-refractivity contribution in [2.24, 2.45) is 0 Å². The Morgan fingerprint density at radius 2 is 0.754 bits per heavy atom. The molecule has 0 saturated carbocycles. The van der Waals surface area contributed by atoms with Gasteiger partial charge in [-0.25, -0.2) is 9.97 Å². The smallest absolute Gasteiger partial charge is 0.156 e. The van der Waals surface area contributed by atoms with E-state index in [9.17, 15) is 0 Å². The normalized spacial score (nSPS) is 11.9. The quantitative estimate of drug-likeness (QED) is 0.166. The highest BCUT2D eigenvalue weighted by Crippen LogP contribution is 2.43. The van der Waals surface area contributed by atoms with Gasteiger partial charge in [0.05, 0.1) is 23.0 Å². The molecule has 7 nitrogen and oxygen atoms in total. The first kappa shape index (κ1) is 33.5. The second-order valence-electron chi connectivity index (χ2n) is 15.5. The highest BCUT2D eigenvalue weighted by molar-refractivity contribution is 6.08. The van der Waals surface area contributed by atoms with Crippen molar-refractivity contribution in [3.05, 3.63) is 194 Å². The van der Waals surface area contributed by atoms with Crippen LogP contribution in [0.1, 0.15) is 0 Å². The lowest BCUT2D eigenvalue weighted by atomic mass is 10.1. The third kappa shape index (κ3) is 5.38. The molecular weight excluding hydrogens is 753 g/mol. The molecule has 13 aromatic rings. The van der Waals surface area contributed by atoms with Gasteiger partial charge in [0.1, 0.15) is 39.2 Å². The van der Waals surface area contributed by atoms with E-state index in [1.807, 2.05) is 54.9 Å². The van der Waals surface area contributed by atoms with E-state index in [1.54, 1.807) is 0 Å². The van der Waals surface area contributed by atoms with E-state index < -0.39 is 0 Å². The Bertz CT molecular complexity index is 3630. The molecule has 7 heteroatoms. The number of rotatable bonds is 6. The second kappa shape index (κ2) is 13.0.